The molecule has 4 aliphatic rings. The number of carbonyl (C=O) groups is 7. The van der Waals surface area contributed by atoms with E-state index < -0.39 is 35.7 Å². The van der Waals surface area contributed by atoms with E-state index in [1.54, 1.807) is 135 Å². The third-order valence-corrected chi connectivity index (χ3v) is 21.7. The molecule has 115 heavy (non-hydrogen) atoms. The van der Waals surface area contributed by atoms with Gasteiger partial charge < -0.3 is 58.9 Å². The van der Waals surface area contributed by atoms with Gasteiger partial charge >= 0.3 is 25.0 Å². The zero-order chi connectivity index (χ0) is 80.9. The Morgan fingerprint density at radius 2 is 0.870 bits per heavy atom. The van der Waals surface area contributed by atoms with Crippen LogP contribution in [0.1, 0.15) is 176 Å². The van der Waals surface area contributed by atoms with E-state index in [4.69, 9.17) is 4.74 Å². The van der Waals surface area contributed by atoms with Gasteiger partial charge in [-0.25, -0.2) is 36.7 Å². The number of nitrogens with one attached hydrogen (secondary N) is 2. The molecule has 8 aromatic rings. The third-order valence-electron chi connectivity index (χ3n) is 21.7. The van der Waals surface area contributed by atoms with Gasteiger partial charge in [-0.05, 0) is 224 Å². The Kier molecular flexibility index (Phi) is 33.6. The van der Waals surface area contributed by atoms with Crippen molar-refractivity contribution in [1.29, 1.82) is 0 Å². The fourth-order valence-electron chi connectivity index (χ4n) is 14.8. The second kappa shape index (κ2) is 42.9. The Morgan fingerprint density at radius 1 is 0.513 bits per heavy atom. The quantitative estimate of drug-likeness (QED) is 0.0290. The van der Waals surface area contributed by atoms with E-state index in [1.807, 2.05) is 18.7 Å². The van der Waals surface area contributed by atoms with Crippen molar-refractivity contribution in [3.05, 3.63) is 216 Å². The number of nitrogens with zero attached hydrogens (tertiary/aromatic N) is 11. The molecule has 3 N–H and O–H groups in total. The Morgan fingerprint density at radius 3 is 1.23 bits per heavy atom. The van der Waals surface area contributed by atoms with Gasteiger partial charge in [0, 0.05) is 100 Å². The van der Waals surface area contributed by atoms with Gasteiger partial charge in [0.15, 0.2) is 0 Å². The second-order valence-electron chi connectivity index (χ2n) is 30.8. The van der Waals surface area contributed by atoms with Gasteiger partial charge in [-0.3, -0.25) is 38.7 Å². The van der Waals surface area contributed by atoms with Crippen LogP contribution in [0.15, 0.2) is 159 Å². The number of hydrogen-bond donors (Lipinski definition) is 2. The maximum atomic E-state index is 14.5. The molecule has 23 nitrogen and oxygen atoms in total. The molecule has 6 atom stereocenters. The minimum absolute atomic E-state index is 0. The number of carbonyl (C=O) groups excluding carboxylic acids is 8. The topological polar surface area (TPSA) is 270 Å². The molecular formula is C86H104F5LiN13O10-. The summed E-state index contributed by atoms with van der Waals surface area (Å²) < 4.78 is 77.3. The Hall–Kier alpha value is -10.3. The molecule has 2 aliphatic carbocycles. The predicted octanol–water partition coefficient (Wildman–Crippen LogP) is 10.4. The summed E-state index contributed by atoms with van der Waals surface area (Å²) in [6.07, 6.45) is 24.5. The van der Waals surface area contributed by atoms with E-state index in [9.17, 15) is 60.3 Å². The molecule has 12 rings (SSSR count). The molecule has 0 radical (unpaired) electrons. The van der Waals surface area contributed by atoms with E-state index in [0.717, 1.165) is 100 Å². The maximum absolute atomic E-state index is 14.5. The van der Waals surface area contributed by atoms with Crippen LogP contribution in [0, 0.1) is 46.8 Å². The number of imidazole rings is 3. The molecular weight excluding hydrogens is 1480 g/mol. The molecule has 2 aliphatic heterocycles. The molecule has 7 amide bonds. The number of benzene rings is 5. The molecule has 4 fully saturated rings. The molecule has 5 aromatic carbocycles. The van der Waals surface area contributed by atoms with Crippen molar-refractivity contribution >= 4 is 47.8 Å². The van der Waals surface area contributed by atoms with Crippen LogP contribution in [0.3, 0.4) is 0 Å². The van der Waals surface area contributed by atoms with Crippen LogP contribution in [0.25, 0.3) is 17.1 Å². The first-order valence-corrected chi connectivity index (χ1v) is 39.3. The minimum atomic E-state index is -0.882. The van der Waals surface area contributed by atoms with Crippen molar-refractivity contribution in [2.75, 3.05) is 46.3 Å². The molecule has 3 aromatic heterocycles. The molecule has 29 heteroatoms. The number of ether oxygens (including phenoxy) is 1. The fourth-order valence-corrected chi connectivity index (χ4v) is 14.8. The van der Waals surface area contributed by atoms with E-state index in [0.29, 0.717) is 69.8 Å². The largest absolute Gasteiger partial charge is 1.00 e. The molecule has 2 saturated carbocycles. The standard InChI is InChI=1S/C40H52F2N6O5.C36H45F2N5O3.C10H6FN2O.Li.H2O/c1-27(45(5)39(52)53-40(2,3)4)36(49)44-35(29-10-7-6-8-11-29)38(51)48-22-9-12-33(48)24-46(23-21-28-13-15-30(41)16-14-28)37(50)34-25-47(26-43-34)32-19-17-31(42)18-20-32;1-3-25(2)34(44)40-33(27-8-5-4-6-9-27)36(46)43-20-7-10-31(43)22-41(21-19-26-11-13-28(37)14-12-26)35(45)32-23-42(24-39-32)30-17-15-29(38)16-18-30;11-8-1-3-10(4-2-8)13-5-9(6-14)12-7-13;;/h13-20,25-27,29,33,35H,6-12,21-24H2,1-5H3,(H,44,49);11-18,23-25,27,31,33H,3-10,19-22H2,1-2H3,(H,40,44);1-5,7H;;1H2/q;;-1;+1;/p-1/t27-,33-,35-;25-,31+,33+;;;/m01.../s1. The first kappa shape index (κ1) is 90.2. The summed E-state index contributed by atoms with van der Waals surface area (Å²) >= 11 is 0. The van der Waals surface area contributed by atoms with Crippen molar-refractivity contribution in [2.45, 2.75) is 187 Å². The summed E-state index contributed by atoms with van der Waals surface area (Å²) in [5, 5.41) is 6.16. The van der Waals surface area contributed by atoms with Crippen LogP contribution in [-0.4, -0.2) is 189 Å². The summed E-state index contributed by atoms with van der Waals surface area (Å²) in [5.41, 5.74) is 3.74. The molecule has 610 valence electrons. The summed E-state index contributed by atoms with van der Waals surface area (Å²) in [5.74, 6) is -3.22. The Labute approximate surface area is 681 Å². The summed E-state index contributed by atoms with van der Waals surface area (Å²) in [6, 6.07) is 27.3. The SMILES string of the molecule is CC[C@@H](C)C(=O)N[C@H](C(=O)N1CCC[C@H]1CN(CCc1ccc(F)cc1)C(=O)c1cn(-c2ccc(F)cc2)cn1)C1CCCCC1.C[C@@H](C(=O)N[C@H](C(=O)N1CCC[C@H]1CN(CCc1ccc(F)cc1)C(=O)c1cn(-c2ccc(F)cc2)cn1)C1CCCCC1)N(C)C(=O)OC(C)(C)C.O=[C-]c1cn(-c2ccc(F)cc2)cn1.[Li+].[OH-]. The van der Waals surface area contributed by atoms with Crippen LogP contribution in [0.4, 0.5) is 26.7 Å². The number of rotatable bonds is 26. The molecule has 5 heterocycles. The van der Waals surface area contributed by atoms with Crippen molar-refractivity contribution in [2.24, 2.45) is 17.8 Å². The van der Waals surface area contributed by atoms with Gasteiger partial charge in [-0.15, -0.1) is 6.20 Å². The Bertz CT molecular complexity index is 4470. The predicted molar refractivity (Wildman–Crippen MR) is 419 cm³/mol. The van der Waals surface area contributed by atoms with E-state index in [-0.39, 0.29) is 136 Å². The van der Waals surface area contributed by atoms with Crippen LogP contribution in [-0.2, 0) is 41.6 Å². The number of hydrogen-bond acceptors (Lipinski definition) is 13. The Balaban J connectivity index is 0.000000243. The zero-order valence-corrected chi connectivity index (χ0v) is 66.8. The van der Waals surface area contributed by atoms with Crippen LogP contribution < -0.4 is 29.5 Å². The van der Waals surface area contributed by atoms with Gasteiger partial charge in [-0.2, -0.15) is 0 Å². The monoisotopic (exact) mass is 1580 g/mol. The van der Waals surface area contributed by atoms with Gasteiger partial charge in [-0.1, -0.05) is 76.6 Å². The number of likely N-dealkylation sites (tertiary alicyclic amines) is 2. The fraction of sp³-hybridized carbons (Fsp3) is 0.453. The minimum Gasteiger partial charge on any atom is -0.870 e. The van der Waals surface area contributed by atoms with Gasteiger partial charge in [0.05, 0.1) is 6.33 Å². The summed E-state index contributed by atoms with van der Waals surface area (Å²) in [6.45, 7) is 13.0. The molecule has 0 bridgehead atoms. The van der Waals surface area contributed by atoms with Crippen molar-refractivity contribution in [3.8, 4) is 17.1 Å². The summed E-state index contributed by atoms with van der Waals surface area (Å²) in [4.78, 5) is 127. The molecule has 2 saturated heterocycles. The molecule has 0 unspecified atom stereocenters. The van der Waals surface area contributed by atoms with Crippen molar-refractivity contribution < 1.29 is 89.4 Å². The van der Waals surface area contributed by atoms with Gasteiger partial charge in [0.1, 0.15) is 76.9 Å². The average molecular weight is 1580 g/mol. The first-order chi connectivity index (χ1) is 54.2. The molecule has 0 spiro atoms. The van der Waals surface area contributed by atoms with E-state index in [2.05, 4.69) is 25.6 Å². The van der Waals surface area contributed by atoms with Crippen LogP contribution >= 0.6 is 0 Å². The van der Waals surface area contributed by atoms with Gasteiger partial charge in [0.2, 0.25) is 23.6 Å². The maximum Gasteiger partial charge on any atom is 1.00 e. The third kappa shape index (κ3) is 25.3. The number of amides is 7. The van der Waals surface area contributed by atoms with Crippen LogP contribution in [0.2, 0.25) is 0 Å². The number of likely N-dealkylation sites (N-methyl/N-ethyl adjacent to an activating group) is 1. The van der Waals surface area contributed by atoms with E-state index in [1.165, 1.54) is 97.8 Å². The van der Waals surface area contributed by atoms with E-state index >= 15 is 0 Å². The second-order valence-corrected chi connectivity index (χ2v) is 30.8. The average Bonchev–Trinajstić information content (AvgIpc) is 1.78. The van der Waals surface area contributed by atoms with Crippen LogP contribution in [0.5, 0.6) is 0 Å². The number of aromatic nitrogens is 6. The smallest absolute Gasteiger partial charge is 0.870 e. The van der Waals surface area contributed by atoms with Crippen molar-refractivity contribution in [1.82, 2.24) is 63.8 Å². The zero-order valence-electron chi connectivity index (χ0n) is 66.8. The van der Waals surface area contributed by atoms with Gasteiger partial charge in [0.25, 0.3) is 11.8 Å². The summed E-state index contributed by atoms with van der Waals surface area (Å²) in [7, 11) is 1.51. The normalized spacial score (nSPS) is 16.6. The number of halogens is 5. The first-order valence-electron chi connectivity index (χ1n) is 39.3. The van der Waals surface area contributed by atoms with Crippen molar-refractivity contribution in [3.63, 3.8) is 0 Å².